The number of thioether (sulfide) groups is 1. The first-order chi connectivity index (χ1) is 8.58. The number of ether oxygens (including phenoxy) is 1. The smallest absolute Gasteiger partial charge is 0.111 e. The predicted octanol–water partition coefficient (Wildman–Crippen LogP) is 2.61. The monoisotopic (exact) mass is 334 g/mol. The Morgan fingerprint density at radius 2 is 2.50 bits per heavy atom. The maximum absolute atomic E-state index is 10.7. The van der Waals surface area contributed by atoms with Crippen LogP contribution in [0.1, 0.15) is 31.6 Å². The van der Waals surface area contributed by atoms with Crippen molar-refractivity contribution in [3.63, 3.8) is 0 Å². The molecule has 1 fully saturated rings. The molecule has 0 aliphatic carbocycles. The standard InChI is InChI=1S/C12H19BrN2O2S/c1-12(4-3-7-18-12)11(16)10-9(13)8-14-15(10)5-6-17-2/h8,11,16H,3-7H2,1-2H3. The van der Waals surface area contributed by atoms with Crippen LogP contribution in [0.5, 0.6) is 0 Å². The third-order valence-corrected chi connectivity index (χ3v) is 5.62. The molecule has 2 unspecified atom stereocenters. The van der Waals surface area contributed by atoms with Gasteiger partial charge < -0.3 is 9.84 Å². The molecule has 6 heteroatoms. The quantitative estimate of drug-likeness (QED) is 0.899. The van der Waals surface area contributed by atoms with Crippen LogP contribution in [0.15, 0.2) is 10.7 Å². The summed E-state index contributed by atoms with van der Waals surface area (Å²) in [4.78, 5) is 0. The first-order valence-electron chi connectivity index (χ1n) is 6.10. The maximum Gasteiger partial charge on any atom is 0.111 e. The van der Waals surface area contributed by atoms with Crippen LogP contribution in [0.2, 0.25) is 0 Å². The van der Waals surface area contributed by atoms with Gasteiger partial charge in [-0.15, -0.1) is 0 Å². The molecule has 1 aliphatic heterocycles. The van der Waals surface area contributed by atoms with Crippen molar-refractivity contribution in [3.05, 3.63) is 16.4 Å². The van der Waals surface area contributed by atoms with Gasteiger partial charge in [0.15, 0.2) is 0 Å². The Labute approximate surface area is 120 Å². The fourth-order valence-corrected chi connectivity index (χ4v) is 4.13. The van der Waals surface area contributed by atoms with Gasteiger partial charge in [0.25, 0.3) is 0 Å². The van der Waals surface area contributed by atoms with Gasteiger partial charge in [0, 0.05) is 11.9 Å². The molecular weight excluding hydrogens is 316 g/mol. The molecule has 4 nitrogen and oxygen atoms in total. The van der Waals surface area contributed by atoms with Crippen LogP contribution >= 0.6 is 27.7 Å². The van der Waals surface area contributed by atoms with Crippen LogP contribution in [0, 0.1) is 0 Å². The fraction of sp³-hybridized carbons (Fsp3) is 0.750. The highest BCUT2D eigenvalue weighted by molar-refractivity contribution is 9.10. The van der Waals surface area contributed by atoms with E-state index in [9.17, 15) is 5.11 Å². The summed E-state index contributed by atoms with van der Waals surface area (Å²) in [6.45, 7) is 3.39. The van der Waals surface area contributed by atoms with E-state index in [4.69, 9.17) is 4.74 Å². The van der Waals surface area contributed by atoms with Crippen molar-refractivity contribution in [2.45, 2.75) is 37.2 Å². The van der Waals surface area contributed by atoms with E-state index in [1.54, 1.807) is 13.3 Å². The Hall–Kier alpha value is -0.0400. The van der Waals surface area contributed by atoms with E-state index in [2.05, 4.69) is 28.0 Å². The summed E-state index contributed by atoms with van der Waals surface area (Å²) in [6, 6.07) is 0. The SMILES string of the molecule is COCCn1ncc(Br)c1C(O)C1(C)CCCS1. The molecule has 0 saturated carbocycles. The molecule has 0 amide bonds. The molecule has 1 saturated heterocycles. The molecule has 2 rings (SSSR count). The van der Waals surface area contributed by atoms with Gasteiger partial charge >= 0.3 is 0 Å². The van der Waals surface area contributed by atoms with E-state index < -0.39 is 6.10 Å². The molecule has 1 N–H and O–H groups in total. The average molecular weight is 335 g/mol. The highest BCUT2D eigenvalue weighted by Gasteiger charge is 2.40. The molecule has 1 aromatic heterocycles. The second-order valence-electron chi connectivity index (χ2n) is 4.76. The first kappa shape index (κ1) is 14.4. The van der Waals surface area contributed by atoms with Crippen LogP contribution in [-0.4, -0.2) is 39.1 Å². The van der Waals surface area contributed by atoms with Crippen LogP contribution in [0.3, 0.4) is 0 Å². The molecule has 0 aromatic carbocycles. The molecule has 0 spiro atoms. The Morgan fingerprint density at radius 1 is 1.72 bits per heavy atom. The highest BCUT2D eigenvalue weighted by Crippen LogP contribution is 2.47. The summed E-state index contributed by atoms with van der Waals surface area (Å²) < 4.78 is 7.68. The number of hydrogen-bond acceptors (Lipinski definition) is 4. The Balaban J connectivity index is 2.23. The summed E-state index contributed by atoms with van der Waals surface area (Å²) in [5.41, 5.74) is 0.865. The molecule has 2 heterocycles. The van der Waals surface area contributed by atoms with Gasteiger partial charge in [-0.05, 0) is 41.4 Å². The van der Waals surface area contributed by atoms with Gasteiger partial charge in [0.05, 0.1) is 29.5 Å². The number of nitrogens with zero attached hydrogens (tertiary/aromatic N) is 2. The number of methoxy groups -OCH3 is 1. The van der Waals surface area contributed by atoms with Crippen LogP contribution < -0.4 is 0 Å². The largest absolute Gasteiger partial charge is 0.385 e. The number of halogens is 1. The fourth-order valence-electron chi connectivity index (χ4n) is 2.31. The summed E-state index contributed by atoms with van der Waals surface area (Å²) >= 11 is 5.34. The molecular formula is C12H19BrN2O2S. The topological polar surface area (TPSA) is 47.3 Å². The normalized spacial score (nSPS) is 25.6. The van der Waals surface area contributed by atoms with Gasteiger partial charge in [-0.1, -0.05) is 0 Å². The summed E-state index contributed by atoms with van der Waals surface area (Å²) in [5.74, 6) is 1.12. The van der Waals surface area contributed by atoms with Gasteiger partial charge in [0.1, 0.15) is 6.10 Å². The number of aliphatic hydroxyl groups is 1. The van der Waals surface area contributed by atoms with Crippen molar-refractivity contribution in [1.82, 2.24) is 9.78 Å². The Bertz CT molecular complexity index is 405. The molecule has 2 atom stereocenters. The second kappa shape index (κ2) is 5.94. The maximum atomic E-state index is 10.7. The number of hydrogen-bond donors (Lipinski definition) is 1. The number of aliphatic hydroxyl groups excluding tert-OH is 1. The minimum absolute atomic E-state index is 0.104. The van der Waals surface area contributed by atoms with Crippen molar-refractivity contribution >= 4 is 27.7 Å². The molecule has 18 heavy (non-hydrogen) atoms. The lowest BCUT2D eigenvalue weighted by Gasteiger charge is -2.29. The zero-order chi connectivity index (χ0) is 13.2. The lowest BCUT2D eigenvalue weighted by Crippen LogP contribution is -2.29. The van der Waals surface area contributed by atoms with E-state index in [1.807, 2.05) is 16.4 Å². The van der Waals surface area contributed by atoms with E-state index in [1.165, 1.54) is 6.42 Å². The van der Waals surface area contributed by atoms with Gasteiger partial charge in [-0.2, -0.15) is 16.9 Å². The van der Waals surface area contributed by atoms with Crippen molar-refractivity contribution in [2.75, 3.05) is 19.5 Å². The van der Waals surface area contributed by atoms with Crippen LogP contribution in [-0.2, 0) is 11.3 Å². The van der Waals surface area contributed by atoms with Crippen LogP contribution in [0.4, 0.5) is 0 Å². The van der Waals surface area contributed by atoms with Crippen molar-refractivity contribution in [2.24, 2.45) is 0 Å². The van der Waals surface area contributed by atoms with Gasteiger partial charge in [-0.25, -0.2) is 0 Å². The van der Waals surface area contributed by atoms with Gasteiger partial charge in [0.2, 0.25) is 0 Å². The summed E-state index contributed by atoms with van der Waals surface area (Å²) in [5, 5.41) is 15.0. The number of rotatable bonds is 5. The third-order valence-electron chi connectivity index (χ3n) is 3.43. The first-order valence-corrected chi connectivity index (χ1v) is 7.88. The van der Waals surface area contributed by atoms with E-state index in [-0.39, 0.29) is 4.75 Å². The van der Waals surface area contributed by atoms with Crippen molar-refractivity contribution < 1.29 is 9.84 Å². The average Bonchev–Trinajstić information content (AvgIpc) is 2.93. The Kier molecular flexibility index (Phi) is 4.75. The van der Waals surface area contributed by atoms with E-state index >= 15 is 0 Å². The molecule has 0 radical (unpaired) electrons. The summed E-state index contributed by atoms with van der Waals surface area (Å²) in [6.07, 6.45) is 3.46. The zero-order valence-electron chi connectivity index (χ0n) is 10.7. The third kappa shape index (κ3) is 2.76. The Morgan fingerprint density at radius 3 is 3.11 bits per heavy atom. The van der Waals surface area contributed by atoms with Crippen LogP contribution in [0.25, 0.3) is 0 Å². The molecule has 0 bridgehead atoms. The highest BCUT2D eigenvalue weighted by atomic mass is 79.9. The van der Waals surface area contributed by atoms with Gasteiger partial charge in [-0.3, -0.25) is 4.68 Å². The molecule has 1 aliphatic rings. The minimum Gasteiger partial charge on any atom is -0.385 e. The lowest BCUT2D eigenvalue weighted by atomic mass is 9.96. The molecule has 102 valence electrons. The minimum atomic E-state index is -0.501. The lowest BCUT2D eigenvalue weighted by molar-refractivity contribution is 0.119. The zero-order valence-corrected chi connectivity index (χ0v) is 13.1. The van der Waals surface area contributed by atoms with E-state index in [0.717, 1.165) is 22.3 Å². The molecule has 1 aromatic rings. The van der Waals surface area contributed by atoms with E-state index in [0.29, 0.717) is 13.2 Å². The predicted molar refractivity (Wildman–Crippen MR) is 76.9 cm³/mol. The van der Waals surface area contributed by atoms with Crippen molar-refractivity contribution in [1.29, 1.82) is 0 Å². The summed E-state index contributed by atoms with van der Waals surface area (Å²) in [7, 11) is 1.67. The number of aromatic nitrogens is 2. The van der Waals surface area contributed by atoms with Crippen molar-refractivity contribution in [3.8, 4) is 0 Å². The second-order valence-corrected chi connectivity index (χ2v) is 7.24.